The van der Waals surface area contributed by atoms with Gasteiger partial charge in [-0.1, -0.05) is 37.9 Å². The molecule has 0 aliphatic carbocycles. The van der Waals surface area contributed by atoms with Gasteiger partial charge in [0.15, 0.2) is 5.16 Å². The monoisotopic (exact) mass is 389 g/mol. The summed E-state index contributed by atoms with van der Waals surface area (Å²) in [4.78, 5) is 41.6. The number of nitrogens with one attached hydrogen (secondary N) is 2. The number of H-pyrrole nitrogens is 1. The highest BCUT2D eigenvalue weighted by Gasteiger charge is 2.09. The van der Waals surface area contributed by atoms with Gasteiger partial charge in [-0.2, -0.15) is 0 Å². The highest BCUT2D eigenvalue weighted by Crippen LogP contribution is 2.14. The number of thioether (sulfide) groups is 1. The molecule has 0 bridgehead atoms. The van der Waals surface area contributed by atoms with Crippen molar-refractivity contribution >= 4 is 29.3 Å². The molecule has 2 rings (SSSR count). The zero-order valence-corrected chi connectivity index (χ0v) is 16.0. The normalized spacial score (nSPS) is 10.4. The largest absolute Gasteiger partial charge is 0.462 e. The molecule has 0 aliphatic rings. The smallest absolute Gasteiger partial charge is 0.338 e. The van der Waals surface area contributed by atoms with Crippen LogP contribution in [0.1, 0.15) is 43.0 Å². The second-order valence-electron chi connectivity index (χ2n) is 5.85. The second-order valence-corrected chi connectivity index (χ2v) is 6.81. The van der Waals surface area contributed by atoms with Gasteiger partial charge < -0.3 is 15.0 Å². The minimum absolute atomic E-state index is 0.106. The van der Waals surface area contributed by atoms with Crippen LogP contribution < -0.4 is 10.9 Å². The molecule has 0 saturated heterocycles. The number of hydrogen-bond acceptors (Lipinski definition) is 6. The lowest BCUT2D eigenvalue weighted by Crippen LogP contribution is -2.15. The van der Waals surface area contributed by atoms with Gasteiger partial charge in [0.2, 0.25) is 5.91 Å². The van der Waals surface area contributed by atoms with E-state index in [1.807, 2.05) is 0 Å². The highest BCUT2D eigenvalue weighted by molar-refractivity contribution is 7.99. The van der Waals surface area contributed by atoms with Crippen LogP contribution in [0.5, 0.6) is 0 Å². The van der Waals surface area contributed by atoms with E-state index in [9.17, 15) is 14.4 Å². The molecule has 144 valence electrons. The van der Waals surface area contributed by atoms with Gasteiger partial charge in [0.1, 0.15) is 0 Å². The van der Waals surface area contributed by atoms with Gasteiger partial charge >= 0.3 is 5.97 Å². The Hall–Kier alpha value is -2.61. The number of hydrogen-bond donors (Lipinski definition) is 2. The summed E-state index contributed by atoms with van der Waals surface area (Å²) in [7, 11) is 0. The van der Waals surface area contributed by atoms with Crippen molar-refractivity contribution in [3.05, 3.63) is 52.4 Å². The summed E-state index contributed by atoms with van der Waals surface area (Å²) in [6.07, 6.45) is 5.59. The lowest BCUT2D eigenvalue weighted by Gasteiger charge is -2.07. The van der Waals surface area contributed by atoms with Crippen LogP contribution in [0, 0.1) is 0 Å². The Balaban J connectivity index is 1.76. The minimum Gasteiger partial charge on any atom is -0.462 e. The number of nitrogens with zero attached hydrogens (tertiary/aromatic N) is 1. The number of aromatic nitrogens is 2. The minimum atomic E-state index is -0.362. The molecule has 7 nitrogen and oxygen atoms in total. The van der Waals surface area contributed by atoms with Crippen LogP contribution in [-0.4, -0.2) is 34.2 Å². The summed E-state index contributed by atoms with van der Waals surface area (Å²) < 4.78 is 5.23. The Labute approximate surface area is 161 Å². The third-order valence-electron chi connectivity index (χ3n) is 3.62. The fraction of sp³-hybridized carbons (Fsp3) is 0.368. The van der Waals surface area contributed by atoms with Crippen molar-refractivity contribution < 1.29 is 14.3 Å². The van der Waals surface area contributed by atoms with Crippen molar-refractivity contribution in [1.29, 1.82) is 0 Å². The summed E-state index contributed by atoms with van der Waals surface area (Å²) in [5, 5.41) is 3.11. The maximum Gasteiger partial charge on any atom is 0.338 e. The van der Waals surface area contributed by atoms with Gasteiger partial charge in [-0.3, -0.25) is 9.59 Å². The van der Waals surface area contributed by atoms with Gasteiger partial charge in [-0.05, 0) is 30.7 Å². The topological polar surface area (TPSA) is 101 Å². The summed E-state index contributed by atoms with van der Waals surface area (Å²) in [6.45, 7) is 2.55. The van der Waals surface area contributed by atoms with Gasteiger partial charge in [-0.15, -0.1) is 0 Å². The molecule has 1 amide bonds. The van der Waals surface area contributed by atoms with E-state index in [4.69, 9.17) is 4.74 Å². The average molecular weight is 389 g/mol. The highest BCUT2D eigenvalue weighted by atomic mass is 32.2. The number of amides is 1. The average Bonchev–Trinajstić information content (AvgIpc) is 2.67. The SMILES string of the molecule is CCCCCCOC(=O)c1ccc(NC(=O)CSc2nccc(=O)[nH]2)cc1. The van der Waals surface area contributed by atoms with Gasteiger partial charge in [0.25, 0.3) is 5.56 Å². The zero-order chi connectivity index (χ0) is 19.5. The molecule has 8 heteroatoms. The summed E-state index contributed by atoms with van der Waals surface area (Å²) in [6, 6.07) is 7.85. The first-order valence-corrected chi connectivity index (χ1v) is 9.82. The molecule has 1 aromatic heterocycles. The van der Waals surface area contributed by atoms with Crippen molar-refractivity contribution in [2.45, 2.75) is 37.8 Å². The second kappa shape index (κ2) is 11.2. The van der Waals surface area contributed by atoms with Crippen molar-refractivity contribution in [3.63, 3.8) is 0 Å². The van der Waals surface area contributed by atoms with Gasteiger partial charge in [-0.25, -0.2) is 9.78 Å². The number of aromatic amines is 1. The Kier molecular flexibility index (Phi) is 8.57. The quantitative estimate of drug-likeness (QED) is 0.280. The third-order valence-corrected chi connectivity index (χ3v) is 4.51. The van der Waals surface area contributed by atoms with Crippen LogP contribution >= 0.6 is 11.8 Å². The number of esters is 1. The number of ether oxygens (including phenoxy) is 1. The number of benzene rings is 1. The van der Waals surface area contributed by atoms with Crippen molar-refractivity contribution in [1.82, 2.24) is 9.97 Å². The summed E-state index contributed by atoms with van der Waals surface area (Å²) >= 11 is 1.13. The fourth-order valence-electron chi connectivity index (χ4n) is 2.22. The van der Waals surface area contributed by atoms with E-state index in [-0.39, 0.29) is 23.2 Å². The third kappa shape index (κ3) is 7.65. The molecular formula is C19H23N3O4S. The Morgan fingerprint density at radius 2 is 1.93 bits per heavy atom. The molecule has 1 aromatic carbocycles. The molecule has 0 radical (unpaired) electrons. The molecule has 2 N–H and O–H groups in total. The zero-order valence-electron chi connectivity index (χ0n) is 15.2. The maximum atomic E-state index is 12.0. The lowest BCUT2D eigenvalue weighted by atomic mass is 10.2. The number of carbonyl (C=O) groups excluding carboxylic acids is 2. The van der Waals surface area contributed by atoms with Crippen LogP contribution in [0.15, 0.2) is 46.5 Å². The predicted molar refractivity (Wildman–Crippen MR) is 105 cm³/mol. The van der Waals surface area contributed by atoms with Crippen molar-refractivity contribution in [2.24, 2.45) is 0 Å². The first-order chi connectivity index (χ1) is 13.1. The molecule has 2 aromatic rings. The molecule has 0 saturated carbocycles. The number of rotatable bonds is 10. The molecule has 0 unspecified atom stereocenters. The summed E-state index contributed by atoms with van der Waals surface area (Å²) in [5.41, 5.74) is 0.763. The molecule has 0 spiro atoms. The Morgan fingerprint density at radius 3 is 2.63 bits per heavy atom. The standard InChI is InChI=1S/C19H23N3O4S/c1-2-3-4-5-12-26-18(25)14-6-8-15(9-7-14)21-17(24)13-27-19-20-11-10-16(23)22-19/h6-11H,2-5,12-13H2,1H3,(H,21,24)(H,20,22,23). The molecule has 0 fully saturated rings. The Bertz CT molecular complexity index is 805. The van der Waals surface area contributed by atoms with Crippen LogP contribution in [0.4, 0.5) is 5.69 Å². The van der Waals surface area contributed by atoms with E-state index in [2.05, 4.69) is 22.2 Å². The van der Waals surface area contributed by atoms with E-state index in [0.717, 1.165) is 37.4 Å². The molecule has 0 atom stereocenters. The molecule has 27 heavy (non-hydrogen) atoms. The van der Waals surface area contributed by atoms with Crippen LogP contribution in [-0.2, 0) is 9.53 Å². The first-order valence-electron chi connectivity index (χ1n) is 8.83. The van der Waals surface area contributed by atoms with E-state index < -0.39 is 0 Å². The van der Waals surface area contributed by atoms with Gasteiger partial charge in [0, 0.05) is 18.0 Å². The van der Waals surface area contributed by atoms with Gasteiger partial charge in [0.05, 0.1) is 17.9 Å². The fourth-order valence-corrected chi connectivity index (χ4v) is 2.87. The lowest BCUT2D eigenvalue weighted by molar-refractivity contribution is -0.113. The number of carbonyl (C=O) groups is 2. The first kappa shape index (κ1) is 20.7. The molecule has 0 aliphatic heterocycles. The van der Waals surface area contributed by atoms with E-state index in [1.54, 1.807) is 24.3 Å². The molecule has 1 heterocycles. The van der Waals surface area contributed by atoms with E-state index in [0.29, 0.717) is 23.0 Å². The van der Waals surface area contributed by atoms with Crippen molar-refractivity contribution in [3.8, 4) is 0 Å². The Morgan fingerprint density at radius 1 is 1.15 bits per heavy atom. The van der Waals surface area contributed by atoms with Crippen LogP contribution in [0.25, 0.3) is 0 Å². The van der Waals surface area contributed by atoms with E-state index in [1.165, 1.54) is 12.3 Å². The maximum absolute atomic E-state index is 12.0. The van der Waals surface area contributed by atoms with E-state index >= 15 is 0 Å². The predicted octanol–water partition coefficient (Wildman–Crippen LogP) is 3.24. The van der Waals surface area contributed by atoms with Crippen LogP contribution in [0.3, 0.4) is 0 Å². The van der Waals surface area contributed by atoms with Crippen LogP contribution in [0.2, 0.25) is 0 Å². The van der Waals surface area contributed by atoms with Crippen molar-refractivity contribution in [2.75, 3.05) is 17.7 Å². The number of unbranched alkanes of at least 4 members (excludes halogenated alkanes) is 3. The molecular weight excluding hydrogens is 366 g/mol. The summed E-state index contributed by atoms with van der Waals surface area (Å²) in [5.74, 6) is -0.495. The number of anilines is 1.